The number of carbonyl (C=O) groups is 1. The van der Waals surface area contributed by atoms with Crippen LogP contribution in [0.4, 0.5) is 0 Å². The van der Waals surface area contributed by atoms with E-state index in [4.69, 9.17) is 5.73 Å². The minimum Gasteiger partial charge on any atom is -0.341 e. The molecule has 3 aliphatic rings. The largest absolute Gasteiger partial charge is 0.341 e. The number of amides is 1. The Morgan fingerprint density at radius 3 is 2.31 bits per heavy atom. The summed E-state index contributed by atoms with van der Waals surface area (Å²) in [5.74, 6) is 0.282. The van der Waals surface area contributed by atoms with Gasteiger partial charge in [0.1, 0.15) is 0 Å². The number of nitrogens with zero attached hydrogens (tertiary/aromatic N) is 1. The summed E-state index contributed by atoms with van der Waals surface area (Å²) in [7, 11) is -3.45. The van der Waals surface area contributed by atoms with Gasteiger partial charge in [-0.15, -0.1) is 0 Å². The summed E-state index contributed by atoms with van der Waals surface area (Å²) >= 11 is 0. The molecule has 1 heterocycles. The molecule has 0 aromatic heterocycles. The maximum absolute atomic E-state index is 12.8. The van der Waals surface area contributed by atoms with Gasteiger partial charge in [0.05, 0.1) is 5.25 Å². The Hall–Kier alpha value is -0.660. The fourth-order valence-electron chi connectivity index (χ4n) is 4.79. The van der Waals surface area contributed by atoms with Crippen LogP contribution in [0.2, 0.25) is 0 Å². The molecule has 1 atom stereocenters. The van der Waals surface area contributed by atoms with E-state index in [2.05, 4.69) is 4.72 Å². The second-order valence-electron chi connectivity index (χ2n) is 8.67. The number of hydrogen-bond donors (Lipinski definition) is 2. The van der Waals surface area contributed by atoms with Crippen LogP contribution in [-0.2, 0) is 14.8 Å². The molecule has 0 aromatic rings. The van der Waals surface area contributed by atoms with Crippen LogP contribution in [0.3, 0.4) is 0 Å². The molecule has 3 fully saturated rings. The highest BCUT2D eigenvalue weighted by Gasteiger charge is 2.37. The van der Waals surface area contributed by atoms with E-state index < -0.39 is 20.8 Å². The summed E-state index contributed by atoms with van der Waals surface area (Å²) in [6.07, 6.45) is 11.8. The monoisotopic (exact) mass is 385 g/mol. The fourth-order valence-corrected chi connectivity index (χ4v) is 6.37. The molecule has 1 unspecified atom stereocenters. The van der Waals surface area contributed by atoms with Crippen molar-refractivity contribution in [2.75, 3.05) is 19.6 Å². The van der Waals surface area contributed by atoms with E-state index in [1.54, 1.807) is 4.90 Å². The van der Waals surface area contributed by atoms with Gasteiger partial charge < -0.3 is 10.6 Å². The molecule has 6 nitrogen and oxygen atoms in total. The maximum atomic E-state index is 12.8. The minimum atomic E-state index is -3.45. The van der Waals surface area contributed by atoms with Gasteiger partial charge in [-0.1, -0.05) is 38.5 Å². The second-order valence-corrected chi connectivity index (χ2v) is 10.7. The Balaban J connectivity index is 1.56. The van der Waals surface area contributed by atoms with Crippen molar-refractivity contribution in [2.24, 2.45) is 11.7 Å². The lowest BCUT2D eigenvalue weighted by Crippen LogP contribution is -2.54. The van der Waals surface area contributed by atoms with E-state index >= 15 is 0 Å². The second kappa shape index (κ2) is 8.57. The molecule has 1 amide bonds. The van der Waals surface area contributed by atoms with Crippen molar-refractivity contribution >= 4 is 15.9 Å². The maximum Gasteiger partial charge on any atom is 0.225 e. The van der Waals surface area contributed by atoms with Gasteiger partial charge in [-0.25, -0.2) is 13.1 Å². The van der Waals surface area contributed by atoms with Crippen LogP contribution >= 0.6 is 0 Å². The third-order valence-corrected chi connectivity index (χ3v) is 8.37. The molecule has 1 saturated heterocycles. The van der Waals surface area contributed by atoms with Gasteiger partial charge in [-0.3, -0.25) is 4.79 Å². The number of nitrogens with one attached hydrogen (secondary N) is 1. The van der Waals surface area contributed by atoms with Crippen LogP contribution in [0.15, 0.2) is 0 Å². The van der Waals surface area contributed by atoms with Gasteiger partial charge in [-0.05, 0) is 38.5 Å². The lowest BCUT2D eigenvalue weighted by Gasteiger charge is -2.35. The van der Waals surface area contributed by atoms with Crippen molar-refractivity contribution in [3.63, 3.8) is 0 Å². The van der Waals surface area contributed by atoms with Crippen LogP contribution in [0.5, 0.6) is 0 Å². The number of nitrogens with two attached hydrogens (primary N) is 1. The molecule has 150 valence electrons. The summed E-state index contributed by atoms with van der Waals surface area (Å²) in [5, 5.41) is -0.504. The van der Waals surface area contributed by atoms with E-state index in [1.807, 2.05) is 0 Å². The van der Waals surface area contributed by atoms with Crippen molar-refractivity contribution in [3.05, 3.63) is 0 Å². The first-order chi connectivity index (χ1) is 12.4. The van der Waals surface area contributed by atoms with E-state index in [0.717, 1.165) is 57.8 Å². The molecule has 0 aromatic carbocycles. The van der Waals surface area contributed by atoms with Crippen molar-refractivity contribution in [1.29, 1.82) is 0 Å². The molecule has 3 N–H and O–H groups in total. The van der Waals surface area contributed by atoms with Gasteiger partial charge in [0.2, 0.25) is 15.9 Å². The quantitative estimate of drug-likeness (QED) is 0.709. The summed E-state index contributed by atoms with van der Waals surface area (Å²) in [5.41, 5.74) is 6.04. The molecule has 0 radical (unpaired) electrons. The third kappa shape index (κ3) is 4.98. The predicted octanol–water partition coefficient (Wildman–Crippen LogP) is 2.14. The van der Waals surface area contributed by atoms with Crippen molar-refractivity contribution in [1.82, 2.24) is 9.62 Å². The first kappa shape index (κ1) is 20.1. The zero-order valence-electron chi connectivity index (χ0n) is 15.9. The summed E-state index contributed by atoms with van der Waals surface area (Å²) in [6.45, 7) is 1.35. The van der Waals surface area contributed by atoms with Crippen LogP contribution in [0.1, 0.15) is 77.0 Å². The van der Waals surface area contributed by atoms with Crippen molar-refractivity contribution in [3.8, 4) is 0 Å². The average Bonchev–Trinajstić information content (AvgIpc) is 3.09. The number of sulfonamides is 1. The average molecular weight is 386 g/mol. The predicted molar refractivity (Wildman–Crippen MR) is 103 cm³/mol. The Morgan fingerprint density at radius 1 is 1.00 bits per heavy atom. The van der Waals surface area contributed by atoms with E-state index in [1.165, 1.54) is 12.8 Å². The topological polar surface area (TPSA) is 92.5 Å². The molecule has 26 heavy (non-hydrogen) atoms. The summed E-state index contributed by atoms with van der Waals surface area (Å²) in [4.78, 5) is 14.5. The molecule has 3 rings (SSSR count). The number of hydrogen-bond acceptors (Lipinski definition) is 4. The SMILES string of the molecule is NC1(CNS(=O)(=O)C2CCCN(C(=O)C3CCCC3)C2)CCCCCC1. The molecule has 1 aliphatic heterocycles. The molecular weight excluding hydrogens is 350 g/mol. The van der Waals surface area contributed by atoms with Crippen molar-refractivity contribution < 1.29 is 13.2 Å². The lowest BCUT2D eigenvalue weighted by atomic mass is 9.92. The molecule has 2 saturated carbocycles. The first-order valence-electron chi connectivity index (χ1n) is 10.5. The van der Waals surface area contributed by atoms with Gasteiger partial charge in [-0.2, -0.15) is 0 Å². The van der Waals surface area contributed by atoms with Gasteiger partial charge >= 0.3 is 0 Å². The number of carbonyl (C=O) groups excluding carboxylic acids is 1. The highest BCUT2D eigenvalue weighted by atomic mass is 32.2. The number of rotatable bonds is 5. The summed E-state index contributed by atoms with van der Waals surface area (Å²) in [6, 6.07) is 0. The van der Waals surface area contributed by atoms with Crippen LogP contribution in [-0.4, -0.2) is 49.6 Å². The zero-order chi connectivity index (χ0) is 18.6. The Labute approximate surface area is 158 Å². The molecule has 0 spiro atoms. The minimum absolute atomic E-state index is 0.114. The van der Waals surface area contributed by atoms with Crippen LogP contribution in [0.25, 0.3) is 0 Å². The zero-order valence-corrected chi connectivity index (χ0v) is 16.7. The molecule has 0 bridgehead atoms. The fraction of sp³-hybridized carbons (Fsp3) is 0.947. The molecular formula is C19H35N3O3S. The van der Waals surface area contributed by atoms with E-state index in [9.17, 15) is 13.2 Å². The van der Waals surface area contributed by atoms with Gasteiger partial charge in [0.15, 0.2) is 0 Å². The highest BCUT2D eigenvalue weighted by molar-refractivity contribution is 7.90. The molecule has 2 aliphatic carbocycles. The smallest absolute Gasteiger partial charge is 0.225 e. The van der Waals surface area contributed by atoms with Gasteiger partial charge in [0, 0.05) is 31.1 Å². The molecule has 7 heteroatoms. The third-order valence-electron chi connectivity index (χ3n) is 6.56. The number of piperidine rings is 1. The Morgan fingerprint density at radius 2 is 1.65 bits per heavy atom. The van der Waals surface area contributed by atoms with Crippen LogP contribution in [0, 0.1) is 5.92 Å². The standard InChI is InChI=1S/C19H35N3O3S/c20-19(11-5-1-2-6-12-19)15-21-26(24,25)17-10-7-13-22(14-17)18(23)16-8-3-4-9-16/h16-17,21H,1-15,20H2. The van der Waals surface area contributed by atoms with Crippen molar-refractivity contribution in [2.45, 2.75) is 87.8 Å². The lowest BCUT2D eigenvalue weighted by molar-refractivity contribution is -0.136. The van der Waals surface area contributed by atoms with Gasteiger partial charge in [0.25, 0.3) is 0 Å². The first-order valence-corrected chi connectivity index (χ1v) is 12.0. The Bertz CT molecular complexity index is 579. The highest BCUT2D eigenvalue weighted by Crippen LogP contribution is 2.29. The van der Waals surface area contributed by atoms with E-state index in [-0.39, 0.29) is 11.8 Å². The van der Waals surface area contributed by atoms with E-state index in [0.29, 0.717) is 26.1 Å². The van der Waals surface area contributed by atoms with Crippen LogP contribution < -0.4 is 10.5 Å². The normalized spacial score (nSPS) is 28.0. The Kier molecular flexibility index (Phi) is 6.62. The summed E-state index contributed by atoms with van der Waals surface area (Å²) < 4.78 is 28.5. The number of likely N-dealkylation sites (tertiary alicyclic amines) is 1.